The zero-order valence-corrected chi connectivity index (χ0v) is 11.5. The van der Waals surface area contributed by atoms with Crippen LogP contribution in [0.15, 0.2) is 18.2 Å². The number of hydrogen-bond acceptors (Lipinski definition) is 3. The van der Waals surface area contributed by atoms with Crippen LogP contribution in [0.25, 0.3) is 0 Å². The Hall–Kier alpha value is -1.06. The van der Waals surface area contributed by atoms with E-state index < -0.39 is 0 Å². The first-order valence-electron chi connectivity index (χ1n) is 6.82. The molecule has 0 saturated carbocycles. The third kappa shape index (κ3) is 3.24. The summed E-state index contributed by atoms with van der Waals surface area (Å²) in [5, 5.41) is 0. The average molecular weight is 248 g/mol. The topological polar surface area (TPSA) is 38.5 Å². The molecule has 0 fully saturated rings. The van der Waals surface area contributed by atoms with Crippen LogP contribution in [0.3, 0.4) is 0 Å². The van der Waals surface area contributed by atoms with Crippen molar-refractivity contribution >= 4 is 0 Å². The summed E-state index contributed by atoms with van der Waals surface area (Å²) in [6, 6.07) is 6.91. The van der Waals surface area contributed by atoms with E-state index in [4.69, 9.17) is 10.5 Å². The number of ether oxygens (including phenoxy) is 1. The number of fused-ring (bicyclic) bond motifs is 1. The number of nitrogens with two attached hydrogens (primary N) is 1. The highest BCUT2D eigenvalue weighted by Gasteiger charge is 2.12. The van der Waals surface area contributed by atoms with Crippen molar-refractivity contribution in [2.45, 2.75) is 31.7 Å². The maximum Gasteiger partial charge on any atom is 0.119 e. The summed E-state index contributed by atoms with van der Waals surface area (Å²) < 4.78 is 5.83. The lowest BCUT2D eigenvalue weighted by Gasteiger charge is -2.22. The molecule has 0 aliphatic heterocycles. The lowest BCUT2D eigenvalue weighted by Crippen LogP contribution is -2.36. The second kappa shape index (κ2) is 6.21. The van der Waals surface area contributed by atoms with Crippen molar-refractivity contribution < 1.29 is 4.74 Å². The minimum atomic E-state index is 0.402. The van der Waals surface area contributed by atoms with Crippen LogP contribution in [0, 0.1) is 0 Å². The van der Waals surface area contributed by atoms with E-state index in [0.717, 1.165) is 18.8 Å². The third-order valence-corrected chi connectivity index (χ3v) is 3.79. The van der Waals surface area contributed by atoms with Crippen LogP contribution in [0.4, 0.5) is 0 Å². The molecule has 3 heteroatoms. The van der Waals surface area contributed by atoms with Gasteiger partial charge in [0, 0.05) is 12.6 Å². The molecule has 3 nitrogen and oxygen atoms in total. The fraction of sp³-hybridized carbons (Fsp3) is 0.600. The Morgan fingerprint density at radius 2 is 2.06 bits per heavy atom. The molecule has 0 amide bonds. The highest BCUT2D eigenvalue weighted by Crippen LogP contribution is 2.26. The van der Waals surface area contributed by atoms with Crippen molar-refractivity contribution in [1.82, 2.24) is 4.90 Å². The zero-order chi connectivity index (χ0) is 13.0. The molecule has 1 aromatic rings. The number of benzene rings is 1. The Morgan fingerprint density at radius 3 is 2.78 bits per heavy atom. The largest absolute Gasteiger partial charge is 0.494 e. The molecule has 0 radical (unpaired) electrons. The van der Waals surface area contributed by atoms with Gasteiger partial charge in [-0.25, -0.2) is 0 Å². The molecule has 100 valence electrons. The molecule has 0 bridgehead atoms. The molecule has 0 aromatic heterocycles. The zero-order valence-electron chi connectivity index (χ0n) is 11.5. The number of rotatable bonds is 6. The Labute approximate surface area is 110 Å². The van der Waals surface area contributed by atoms with E-state index in [1.807, 2.05) is 0 Å². The lowest BCUT2D eigenvalue weighted by atomic mass is 10.1. The summed E-state index contributed by atoms with van der Waals surface area (Å²) in [4.78, 5) is 2.16. The van der Waals surface area contributed by atoms with Crippen LogP contribution < -0.4 is 10.5 Å². The molecule has 1 unspecified atom stereocenters. The molecular weight excluding hydrogens is 224 g/mol. The van der Waals surface area contributed by atoms with Crippen molar-refractivity contribution in [3.8, 4) is 5.75 Å². The molecule has 1 aliphatic rings. The SMILES string of the molecule is CN(C)C(CN)CCOc1ccc2c(c1)CCC2. The van der Waals surface area contributed by atoms with Gasteiger partial charge in [0.15, 0.2) is 0 Å². The Bertz CT molecular complexity index is 390. The fourth-order valence-electron chi connectivity index (χ4n) is 2.54. The van der Waals surface area contributed by atoms with Crippen molar-refractivity contribution in [2.24, 2.45) is 5.73 Å². The highest BCUT2D eigenvalue weighted by molar-refractivity contribution is 5.38. The summed E-state index contributed by atoms with van der Waals surface area (Å²) in [6.45, 7) is 1.42. The van der Waals surface area contributed by atoms with Gasteiger partial charge in [-0.05, 0) is 63.0 Å². The summed E-state index contributed by atoms with van der Waals surface area (Å²) in [7, 11) is 4.12. The maximum atomic E-state index is 5.83. The van der Waals surface area contributed by atoms with Gasteiger partial charge in [-0.15, -0.1) is 0 Å². The van der Waals surface area contributed by atoms with E-state index in [2.05, 4.69) is 37.2 Å². The molecular formula is C15H24N2O. The van der Waals surface area contributed by atoms with Gasteiger partial charge < -0.3 is 15.4 Å². The normalized spacial score (nSPS) is 15.8. The monoisotopic (exact) mass is 248 g/mol. The summed E-state index contributed by atoms with van der Waals surface area (Å²) >= 11 is 0. The molecule has 1 aromatic carbocycles. The van der Waals surface area contributed by atoms with Gasteiger partial charge in [0.05, 0.1) is 6.61 Å². The lowest BCUT2D eigenvalue weighted by molar-refractivity contribution is 0.225. The highest BCUT2D eigenvalue weighted by atomic mass is 16.5. The molecule has 2 N–H and O–H groups in total. The van der Waals surface area contributed by atoms with Gasteiger partial charge in [0.1, 0.15) is 5.75 Å². The Kier molecular flexibility index (Phi) is 4.61. The Morgan fingerprint density at radius 1 is 1.28 bits per heavy atom. The van der Waals surface area contributed by atoms with Crippen LogP contribution in [0.2, 0.25) is 0 Å². The third-order valence-electron chi connectivity index (χ3n) is 3.79. The second-order valence-corrected chi connectivity index (χ2v) is 5.27. The van der Waals surface area contributed by atoms with Gasteiger partial charge in [0.2, 0.25) is 0 Å². The fourth-order valence-corrected chi connectivity index (χ4v) is 2.54. The molecule has 0 spiro atoms. The van der Waals surface area contributed by atoms with Gasteiger partial charge in [-0.1, -0.05) is 6.07 Å². The van der Waals surface area contributed by atoms with Crippen molar-refractivity contribution in [2.75, 3.05) is 27.2 Å². The van der Waals surface area contributed by atoms with Crippen LogP contribution >= 0.6 is 0 Å². The van der Waals surface area contributed by atoms with E-state index in [1.54, 1.807) is 0 Å². The molecule has 18 heavy (non-hydrogen) atoms. The first-order valence-corrected chi connectivity index (χ1v) is 6.82. The number of aryl methyl sites for hydroxylation is 2. The van der Waals surface area contributed by atoms with Crippen molar-refractivity contribution in [3.63, 3.8) is 0 Å². The van der Waals surface area contributed by atoms with E-state index in [1.165, 1.54) is 30.4 Å². The predicted octanol–water partition coefficient (Wildman–Crippen LogP) is 1.83. The second-order valence-electron chi connectivity index (χ2n) is 5.27. The van der Waals surface area contributed by atoms with Gasteiger partial charge in [-0.3, -0.25) is 0 Å². The van der Waals surface area contributed by atoms with Crippen LogP contribution in [0.1, 0.15) is 24.0 Å². The molecule has 1 aliphatic carbocycles. The molecule has 1 atom stereocenters. The smallest absolute Gasteiger partial charge is 0.119 e. The summed E-state index contributed by atoms with van der Waals surface area (Å²) in [5.41, 5.74) is 8.69. The van der Waals surface area contributed by atoms with Gasteiger partial charge in [0.25, 0.3) is 0 Å². The van der Waals surface area contributed by atoms with E-state index >= 15 is 0 Å². The van der Waals surface area contributed by atoms with Crippen LogP contribution in [0.5, 0.6) is 5.75 Å². The predicted molar refractivity (Wildman–Crippen MR) is 75.1 cm³/mol. The number of nitrogens with zero attached hydrogens (tertiary/aromatic N) is 1. The van der Waals surface area contributed by atoms with E-state index in [9.17, 15) is 0 Å². The van der Waals surface area contributed by atoms with Crippen molar-refractivity contribution in [3.05, 3.63) is 29.3 Å². The number of likely N-dealkylation sites (N-methyl/N-ethyl adjacent to an activating group) is 1. The minimum Gasteiger partial charge on any atom is -0.494 e. The molecule has 0 saturated heterocycles. The summed E-state index contributed by atoms with van der Waals surface area (Å²) in [5.74, 6) is 1.00. The van der Waals surface area contributed by atoms with Crippen molar-refractivity contribution in [1.29, 1.82) is 0 Å². The van der Waals surface area contributed by atoms with Crippen LogP contribution in [-0.2, 0) is 12.8 Å². The first kappa shape index (κ1) is 13.4. The van der Waals surface area contributed by atoms with Gasteiger partial charge in [-0.2, -0.15) is 0 Å². The first-order chi connectivity index (χ1) is 8.70. The van der Waals surface area contributed by atoms with Crippen LogP contribution in [-0.4, -0.2) is 38.2 Å². The van der Waals surface area contributed by atoms with E-state index in [0.29, 0.717) is 12.6 Å². The molecule has 2 rings (SSSR count). The average Bonchev–Trinajstić information content (AvgIpc) is 2.81. The number of hydrogen-bond donors (Lipinski definition) is 1. The van der Waals surface area contributed by atoms with E-state index in [-0.39, 0.29) is 0 Å². The summed E-state index contributed by atoms with van der Waals surface area (Å²) in [6.07, 6.45) is 4.69. The minimum absolute atomic E-state index is 0.402. The van der Waals surface area contributed by atoms with Gasteiger partial charge >= 0.3 is 0 Å². The Balaban J connectivity index is 1.83. The standard InChI is InChI=1S/C15H24N2O/c1-17(2)14(11-16)8-9-18-15-7-6-12-4-3-5-13(12)10-15/h6-7,10,14H,3-5,8-9,11,16H2,1-2H3. The maximum absolute atomic E-state index is 5.83. The molecule has 0 heterocycles. The quantitative estimate of drug-likeness (QED) is 0.835.